The Morgan fingerprint density at radius 3 is 2.76 bits per heavy atom. The summed E-state index contributed by atoms with van der Waals surface area (Å²) in [5, 5.41) is 3.50. The van der Waals surface area contributed by atoms with Gasteiger partial charge in [0, 0.05) is 24.8 Å². The minimum atomic E-state index is -2.40. The smallest absolute Gasteiger partial charge is 0.263 e. The fraction of sp³-hybridized carbons (Fsp3) is 0.647. The highest BCUT2D eigenvalue weighted by Crippen LogP contribution is 2.31. The number of ether oxygens (including phenoxy) is 1. The van der Waals surface area contributed by atoms with E-state index in [0.717, 1.165) is 37.9 Å². The molecule has 2 nitrogen and oxygen atoms in total. The van der Waals surface area contributed by atoms with Gasteiger partial charge in [0.2, 0.25) is 0 Å². The number of halogens is 2. The Kier molecular flexibility index (Phi) is 5.71. The number of hydrogen-bond donors (Lipinski definition) is 1. The van der Waals surface area contributed by atoms with Crippen LogP contribution in [-0.4, -0.2) is 18.2 Å². The van der Waals surface area contributed by atoms with Crippen molar-refractivity contribution in [3.8, 4) is 0 Å². The minimum absolute atomic E-state index is 0.0132. The van der Waals surface area contributed by atoms with Gasteiger partial charge in [-0.1, -0.05) is 32.0 Å². The molecule has 21 heavy (non-hydrogen) atoms. The maximum absolute atomic E-state index is 12.7. The van der Waals surface area contributed by atoms with Gasteiger partial charge in [0.1, 0.15) is 0 Å². The maximum atomic E-state index is 12.7. The second kappa shape index (κ2) is 7.32. The summed E-state index contributed by atoms with van der Waals surface area (Å²) in [5.41, 5.74) is 0.997. The predicted molar refractivity (Wildman–Crippen MR) is 80.5 cm³/mol. The first-order chi connectivity index (χ1) is 10.1. The SMILES string of the molecule is CCC1(CC)CC(NCc2cccc(C(F)F)c2)CCO1. The third kappa shape index (κ3) is 4.24. The van der Waals surface area contributed by atoms with Crippen LogP contribution in [0.4, 0.5) is 8.78 Å². The molecule has 1 heterocycles. The zero-order valence-corrected chi connectivity index (χ0v) is 12.9. The van der Waals surface area contributed by atoms with Gasteiger partial charge in [0.15, 0.2) is 0 Å². The first-order valence-corrected chi connectivity index (χ1v) is 7.83. The number of hydrogen-bond acceptors (Lipinski definition) is 2. The van der Waals surface area contributed by atoms with Crippen molar-refractivity contribution in [1.82, 2.24) is 5.32 Å². The highest BCUT2D eigenvalue weighted by atomic mass is 19.3. The molecule has 118 valence electrons. The maximum Gasteiger partial charge on any atom is 0.263 e. The van der Waals surface area contributed by atoms with E-state index in [1.165, 1.54) is 6.07 Å². The van der Waals surface area contributed by atoms with Crippen molar-refractivity contribution in [2.45, 2.75) is 64.1 Å². The number of rotatable bonds is 6. The van der Waals surface area contributed by atoms with E-state index in [1.807, 2.05) is 6.07 Å². The number of nitrogens with one attached hydrogen (secondary N) is 1. The molecular weight excluding hydrogens is 272 g/mol. The van der Waals surface area contributed by atoms with Crippen LogP contribution in [0.25, 0.3) is 0 Å². The molecule has 0 spiro atoms. The van der Waals surface area contributed by atoms with Gasteiger partial charge < -0.3 is 10.1 Å². The molecule has 0 bridgehead atoms. The van der Waals surface area contributed by atoms with Crippen molar-refractivity contribution in [2.75, 3.05) is 6.61 Å². The lowest BCUT2D eigenvalue weighted by molar-refractivity contribution is -0.0932. The van der Waals surface area contributed by atoms with Crippen molar-refractivity contribution >= 4 is 0 Å². The van der Waals surface area contributed by atoms with Crippen molar-refractivity contribution in [2.24, 2.45) is 0 Å². The third-order valence-corrected chi connectivity index (χ3v) is 4.58. The van der Waals surface area contributed by atoms with Crippen LogP contribution >= 0.6 is 0 Å². The van der Waals surface area contributed by atoms with Gasteiger partial charge in [0.25, 0.3) is 6.43 Å². The van der Waals surface area contributed by atoms with E-state index in [4.69, 9.17) is 4.74 Å². The predicted octanol–water partition coefficient (Wildman–Crippen LogP) is 4.45. The Hall–Kier alpha value is -1.00. The van der Waals surface area contributed by atoms with Crippen LogP contribution in [0, 0.1) is 0 Å². The third-order valence-electron chi connectivity index (χ3n) is 4.58. The molecule has 1 atom stereocenters. The molecule has 0 saturated carbocycles. The second-order valence-electron chi connectivity index (χ2n) is 5.85. The molecule has 0 aromatic heterocycles. The van der Waals surface area contributed by atoms with Crippen LogP contribution in [0.15, 0.2) is 24.3 Å². The molecule has 1 aliphatic rings. The summed E-state index contributed by atoms with van der Waals surface area (Å²) in [6, 6.07) is 7.05. The monoisotopic (exact) mass is 297 g/mol. The van der Waals surface area contributed by atoms with E-state index < -0.39 is 6.43 Å². The Labute approximate surface area is 125 Å². The number of benzene rings is 1. The highest BCUT2D eigenvalue weighted by Gasteiger charge is 2.34. The lowest BCUT2D eigenvalue weighted by atomic mass is 9.86. The van der Waals surface area contributed by atoms with Gasteiger partial charge in [-0.25, -0.2) is 8.78 Å². The highest BCUT2D eigenvalue weighted by molar-refractivity contribution is 5.24. The quantitative estimate of drug-likeness (QED) is 0.837. The molecule has 1 fully saturated rings. The number of alkyl halides is 2. The van der Waals surface area contributed by atoms with E-state index in [1.54, 1.807) is 12.1 Å². The van der Waals surface area contributed by atoms with Gasteiger partial charge in [0.05, 0.1) is 5.60 Å². The molecule has 0 radical (unpaired) electrons. The molecule has 1 unspecified atom stereocenters. The van der Waals surface area contributed by atoms with Gasteiger partial charge in [-0.2, -0.15) is 0 Å². The molecule has 1 saturated heterocycles. The second-order valence-corrected chi connectivity index (χ2v) is 5.85. The zero-order chi connectivity index (χ0) is 15.3. The summed E-state index contributed by atoms with van der Waals surface area (Å²) in [7, 11) is 0. The van der Waals surface area contributed by atoms with Gasteiger partial charge in [-0.05, 0) is 37.3 Å². The molecule has 1 aromatic carbocycles. The largest absolute Gasteiger partial charge is 0.375 e. The molecular formula is C17H25F2NO. The van der Waals surface area contributed by atoms with Gasteiger partial charge in [-0.3, -0.25) is 0 Å². The molecule has 1 N–H and O–H groups in total. The first kappa shape index (κ1) is 16.4. The summed E-state index contributed by atoms with van der Waals surface area (Å²) >= 11 is 0. The van der Waals surface area contributed by atoms with Crippen molar-refractivity contribution in [1.29, 1.82) is 0 Å². The average Bonchev–Trinajstić information content (AvgIpc) is 2.53. The standard InChI is InChI=1S/C17H25F2NO/c1-3-17(4-2)11-15(8-9-21-17)20-12-13-6-5-7-14(10-13)16(18)19/h5-7,10,15-16,20H,3-4,8-9,11-12H2,1-2H3. The van der Waals surface area contributed by atoms with E-state index in [2.05, 4.69) is 19.2 Å². The summed E-state index contributed by atoms with van der Waals surface area (Å²) in [5.74, 6) is 0. The van der Waals surface area contributed by atoms with Crippen LogP contribution in [0.1, 0.15) is 57.1 Å². The van der Waals surface area contributed by atoms with Crippen molar-refractivity contribution in [3.05, 3.63) is 35.4 Å². The normalized spacial score (nSPS) is 21.7. The fourth-order valence-electron chi connectivity index (χ4n) is 3.05. The Balaban J connectivity index is 1.92. The summed E-state index contributed by atoms with van der Waals surface area (Å²) in [6.07, 6.45) is 1.61. The van der Waals surface area contributed by atoms with Crippen molar-refractivity contribution < 1.29 is 13.5 Å². The molecule has 2 rings (SSSR count). The Bertz CT molecular complexity index is 446. The van der Waals surface area contributed by atoms with E-state index >= 15 is 0 Å². The topological polar surface area (TPSA) is 21.3 Å². The van der Waals surface area contributed by atoms with Crippen LogP contribution in [0.5, 0.6) is 0 Å². The van der Waals surface area contributed by atoms with Crippen LogP contribution in [0.2, 0.25) is 0 Å². The van der Waals surface area contributed by atoms with E-state index in [9.17, 15) is 8.78 Å². The van der Waals surface area contributed by atoms with E-state index in [-0.39, 0.29) is 11.2 Å². The van der Waals surface area contributed by atoms with Gasteiger partial charge >= 0.3 is 0 Å². The van der Waals surface area contributed by atoms with E-state index in [0.29, 0.717) is 12.6 Å². The Morgan fingerprint density at radius 1 is 1.33 bits per heavy atom. The zero-order valence-electron chi connectivity index (χ0n) is 12.9. The van der Waals surface area contributed by atoms with Gasteiger partial charge in [-0.15, -0.1) is 0 Å². The lowest BCUT2D eigenvalue weighted by Gasteiger charge is -2.40. The average molecular weight is 297 g/mol. The summed E-state index contributed by atoms with van der Waals surface area (Å²) in [4.78, 5) is 0. The molecule has 1 aromatic rings. The summed E-state index contributed by atoms with van der Waals surface area (Å²) < 4.78 is 31.4. The first-order valence-electron chi connectivity index (χ1n) is 7.83. The summed E-state index contributed by atoms with van der Waals surface area (Å²) in [6.45, 7) is 5.74. The van der Waals surface area contributed by atoms with Crippen LogP contribution in [-0.2, 0) is 11.3 Å². The fourth-order valence-corrected chi connectivity index (χ4v) is 3.05. The van der Waals surface area contributed by atoms with Crippen molar-refractivity contribution in [3.63, 3.8) is 0 Å². The van der Waals surface area contributed by atoms with Crippen LogP contribution in [0.3, 0.4) is 0 Å². The molecule has 0 aliphatic carbocycles. The molecule has 1 aliphatic heterocycles. The Morgan fingerprint density at radius 2 is 2.10 bits per heavy atom. The minimum Gasteiger partial charge on any atom is -0.375 e. The molecule has 4 heteroatoms. The molecule has 0 amide bonds. The van der Waals surface area contributed by atoms with Crippen LogP contribution < -0.4 is 5.32 Å². The lowest BCUT2D eigenvalue weighted by Crippen LogP contribution is -2.46.